The number of ether oxygens (including phenoxy) is 1. The molecule has 0 N–H and O–H groups in total. The predicted octanol–water partition coefficient (Wildman–Crippen LogP) is 3.80. The Morgan fingerprint density at radius 2 is 1.96 bits per heavy atom. The molecule has 0 bridgehead atoms. The van der Waals surface area contributed by atoms with Gasteiger partial charge in [-0.1, -0.05) is 23.7 Å². The molecule has 1 saturated heterocycles. The van der Waals surface area contributed by atoms with Crippen molar-refractivity contribution in [3.05, 3.63) is 70.5 Å². The second-order valence-corrected chi connectivity index (χ2v) is 6.96. The molecule has 1 aromatic carbocycles. The molecule has 0 atom stereocenters. The lowest BCUT2D eigenvalue weighted by molar-refractivity contribution is -0.133. The van der Waals surface area contributed by atoms with Crippen LogP contribution < -0.4 is 0 Å². The van der Waals surface area contributed by atoms with Gasteiger partial charge in [0.05, 0.1) is 12.2 Å². The summed E-state index contributed by atoms with van der Waals surface area (Å²) in [4.78, 5) is 18.6. The molecule has 4 rings (SSSR count). The van der Waals surface area contributed by atoms with Crippen molar-refractivity contribution in [1.82, 2.24) is 9.88 Å². The molecule has 0 radical (unpaired) electrons. The van der Waals surface area contributed by atoms with Gasteiger partial charge in [-0.05, 0) is 48.2 Å². The van der Waals surface area contributed by atoms with Gasteiger partial charge in [-0.15, -0.1) is 0 Å². The summed E-state index contributed by atoms with van der Waals surface area (Å²) in [6, 6.07) is 9.45. The fraction of sp³-hybridized carbons (Fsp3) is 0.300. The molecular weight excluding hydrogens is 336 g/mol. The Bertz CT molecular complexity index is 809. The third-order valence-corrected chi connectivity index (χ3v) is 5.33. The van der Waals surface area contributed by atoms with Crippen molar-refractivity contribution in [2.75, 3.05) is 13.1 Å². The van der Waals surface area contributed by atoms with Crippen LogP contribution in [0.2, 0.25) is 5.02 Å². The van der Waals surface area contributed by atoms with Crippen LogP contribution in [0.5, 0.6) is 0 Å². The molecule has 0 aliphatic carbocycles. The minimum Gasteiger partial charge on any atom is -0.365 e. The normalized spacial score (nSPS) is 18.7. The number of fused-ring (bicyclic) bond motifs is 2. The number of nitrogens with zero attached hydrogens (tertiary/aromatic N) is 2. The van der Waals surface area contributed by atoms with Gasteiger partial charge >= 0.3 is 0 Å². The standard InChI is InChI=1S/C20H19ClN2O2/c21-17-4-1-15(2-5-17)3-6-19(24)23-11-8-20(9-12-23)18-13-22-10-7-16(18)14-25-20/h1-7,10,13H,8-9,11-12,14H2/b6-3+. The maximum atomic E-state index is 12.4. The predicted molar refractivity (Wildman–Crippen MR) is 97.0 cm³/mol. The quantitative estimate of drug-likeness (QED) is 0.770. The molecule has 1 spiro atoms. The topological polar surface area (TPSA) is 42.4 Å². The number of carbonyl (C=O) groups is 1. The van der Waals surface area contributed by atoms with Gasteiger partial charge in [-0.25, -0.2) is 0 Å². The number of aromatic nitrogens is 1. The smallest absolute Gasteiger partial charge is 0.246 e. The summed E-state index contributed by atoms with van der Waals surface area (Å²) in [7, 11) is 0. The molecule has 4 nitrogen and oxygen atoms in total. The van der Waals surface area contributed by atoms with E-state index in [9.17, 15) is 4.79 Å². The van der Waals surface area contributed by atoms with Crippen LogP contribution in [0.25, 0.3) is 6.08 Å². The number of benzene rings is 1. The molecule has 0 saturated carbocycles. The third kappa shape index (κ3) is 3.20. The average molecular weight is 355 g/mol. The highest BCUT2D eigenvalue weighted by molar-refractivity contribution is 6.30. The minimum absolute atomic E-state index is 0.0363. The van der Waals surface area contributed by atoms with Crippen molar-refractivity contribution in [3.8, 4) is 0 Å². The van der Waals surface area contributed by atoms with Crippen LogP contribution in [0, 0.1) is 0 Å². The Morgan fingerprint density at radius 1 is 1.20 bits per heavy atom. The van der Waals surface area contributed by atoms with E-state index in [1.165, 1.54) is 11.1 Å². The Morgan fingerprint density at radius 3 is 2.72 bits per heavy atom. The first-order chi connectivity index (χ1) is 12.2. The Hall–Kier alpha value is -2.17. The molecule has 5 heteroatoms. The maximum absolute atomic E-state index is 12.4. The van der Waals surface area contributed by atoms with Crippen molar-refractivity contribution in [3.63, 3.8) is 0 Å². The molecule has 25 heavy (non-hydrogen) atoms. The molecule has 1 aromatic heterocycles. The number of piperidine rings is 1. The van der Waals surface area contributed by atoms with Gasteiger partial charge in [-0.2, -0.15) is 0 Å². The first-order valence-electron chi connectivity index (χ1n) is 8.46. The molecule has 2 aliphatic rings. The van der Waals surface area contributed by atoms with Gasteiger partial charge in [0, 0.05) is 42.1 Å². The van der Waals surface area contributed by atoms with Crippen molar-refractivity contribution < 1.29 is 9.53 Å². The van der Waals surface area contributed by atoms with E-state index in [0.29, 0.717) is 24.7 Å². The lowest BCUT2D eigenvalue weighted by Crippen LogP contribution is -2.44. The van der Waals surface area contributed by atoms with Crippen LogP contribution in [0.15, 0.2) is 48.8 Å². The van der Waals surface area contributed by atoms with Gasteiger partial charge in [0.25, 0.3) is 0 Å². The van der Waals surface area contributed by atoms with Crippen LogP contribution >= 0.6 is 11.6 Å². The zero-order valence-electron chi connectivity index (χ0n) is 13.8. The van der Waals surface area contributed by atoms with Crippen molar-refractivity contribution in [2.24, 2.45) is 0 Å². The fourth-order valence-corrected chi connectivity index (χ4v) is 3.73. The lowest BCUT2D eigenvalue weighted by atomic mass is 9.85. The molecule has 2 aromatic rings. The Kier molecular flexibility index (Phi) is 4.32. The first-order valence-corrected chi connectivity index (χ1v) is 8.84. The summed E-state index contributed by atoms with van der Waals surface area (Å²) in [5.41, 5.74) is 3.11. The second-order valence-electron chi connectivity index (χ2n) is 6.53. The summed E-state index contributed by atoms with van der Waals surface area (Å²) in [5.74, 6) is 0.0363. The van der Waals surface area contributed by atoms with E-state index in [4.69, 9.17) is 16.3 Å². The van der Waals surface area contributed by atoms with Crippen molar-refractivity contribution in [2.45, 2.75) is 25.0 Å². The summed E-state index contributed by atoms with van der Waals surface area (Å²) in [6.45, 7) is 2.03. The highest BCUT2D eigenvalue weighted by Gasteiger charge is 2.43. The summed E-state index contributed by atoms with van der Waals surface area (Å²) in [6.07, 6.45) is 8.81. The molecule has 0 unspecified atom stereocenters. The molecular formula is C20H19ClN2O2. The van der Waals surface area contributed by atoms with E-state index in [0.717, 1.165) is 18.4 Å². The van der Waals surface area contributed by atoms with Crippen molar-refractivity contribution >= 4 is 23.6 Å². The number of rotatable bonds is 2. The van der Waals surface area contributed by atoms with Gasteiger partial charge in [0.15, 0.2) is 0 Å². The summed E-state index contributed by atoms with van der Waals surface area (Å²) >= 11 is 5.88. The summed E-state index contributed by atoms with van der Waals surface area (Å²) < 4.78 is 6.11. The number of halogens is 1. The van der Waals surface area contributed by atoms with E-state index in [1.807, 2.05) is 47.5 Å². The number of amides is 1. The van der Waals surface area contributed by atoms with Gasteiger partial charge < -0.3 is 9.64 Å². The number of likely N-dealkylation sites (tertiary alicyclic amines) is 1. The van der Waals surface area contributed by atoms with Crippen LogP contribution in [0.1, 0.15) is 29.5 Å². The van der Waals surface area contributed by atoms with E-state index in [2.05, 4.69) is 4.98 Å². The first kappa shape index (κ1) is 16.3. The van der Waals surface area contributed by atoms with Crippen LogP contribution in [0.3, 0.4) is 0 Å². The average Bonchev–Trinajstić information content (AvgIpc) is 3.00. The van der Waals surface area contributed by atoms with E-state index >= 15 is 0 Å². The van der Waals surface area contributed by atoms with E-state index in [1.54, 1.807) is 12.3 Å². The zero-order valence-corrected chi connectivity index (χ0v) is 14.6. The molecule has 1 amide bonds. The van der Waals surface area contributed by atoms with Gasteiger partial charge in [0.2, 0.25) is 5.91 Å². The molecule has 3 heterocycles. The van der Waals surface area contributed by atoms with E-state index in [-0.39, 0.29) is 11.5 Å². The van der Waals surface area contributed by atoms with E-state index < -0.39 is 0 Å². The number of pyridine rings is 1. The minimum atomic E-state index is -0.264. The molecule has 128 valence electrons. The van der Waals surface area contributed by atoms with Crippen LogP contribution in [-0.4, -0.2) is 28.9 Å². The molecule has 1 fully saturated rings. The lowest BCUT2D eigenvalue weighted by Gasteiger charge is -2.38. The number of carbonyl (C=O) groups excluding carboxylic acids is 1. The van der Waals surface area contributed by atoms with Crippen LogP contribution in [0.4, 0.5) is 0 Å². The second kappa shape index (κ2) is 6.62. The maximum Gasteiger partial charge on any atom is 0.246 e. The van der Waals surface area contributed by atoms with Gasteiger partial charge in [0.1, 0.15) is 0 Å². The number of hydrogen-bond acceptors (Lipinski definition) is 3. The largest absolute Gasteiger partial charge is 0.365 e. The Balaban J connectivity index is 1.40. The fourth-order valence-electron chi connectivity index (χ4n) is 3.60. The SMILES string of the molecule is O=C(/C=C/c1ccc(Cl)cc1)N1CCC2(CC1)OCc1ccncc12. The third-order valence-electron chi connectivity index (χ3n) is 5.08. The molecule has 2 aliphatic heterocycles. The summed E-state index contributed by atoms with van der Waals surface area (Å²) in [5, 5.41) is 0.691. The monoisotopic (exact) mass is 354 g/mol. The highest BCUT2D eigenvalue weighted by Crippen LogP contribution is 2.43. The van der Waals surface area contributed by atoms with Crippen LogP contribution in [-0.2, 0) is 21.7 Å². The van der Waals surface area contributed by atoms with Crippen molar-refractivity contribution in [1.29, 1.82) is 0 Å². The highest BCUT2D eigenvalue weighted by atomic mass is 35.5. The van der Waals surface area contributed by atoms with Gasteiger partial charge in [-0.3, -0.25) is 9.78 Å². The number of hydrogen-bond donors (Lipinski definition) is 0. The Labute approximate surface area is 152 Å². The zero-order chi connectivity index (χ0) is 17.3.